The van der Waals surface area contributed by atoms with E-state index in [-0.39, 0.29) is 29.5 Å². The molecule has 36 heavy (non-hydrogen) atoms. The van der Waals surface area contributed by atoms with Crippen LogP contribution in [0.15, 0.2) is 42.6 Å². The number of hydrogen-bond acceptors (Lipinski definition) is 7. The highest BCUT2D eigenvalue weighted by Gasteiger charge is 2.35. The third kappa shape index (κ3) is 5.32. The molecule has 0 bridgehead atoms. The zero-order valence-electron chi connectivity index (χ0n) is 18.9. The first-order valence-corrected chi connectivity index (χ1v) is 12.3. The summed E-state index contributed by atoms with van der Waals surface area (Å²) in [7, 11) is -2.55. The molecule has 190 valence electrons. The third-order valence-corrected chi connectivity index (χ3v) is 6.64. The minimum atomic E-state index is -4.82. The van der Waals surface area contributed by atoms with Gasteiger partial charge in [-0.05, 0) is 29.8 Å². The molecule has 0 unspecified atom stereocenters. The molecule has 1 aliphatic heterocycles. The summed E-state index contributed by atoms with van der Waals surface area (Å²) >= 11 is 0. The molecule has 3 aromatic rings. The lowest BCUT2D eigenvalue weighted by Gasteiger charge is -2.21. The van der Waals surface area contributed by atoms with Gasteiger partial charge in [-0.2, -0.15) is 18.2 Å². The highest BCUT2D eigenvalue weighted by atomic mass is 32.2. The molecule has 2 heterocycles. The second-order valence-electron chi connectivity index (χ2n) is 8.00. The van der Waals surface area contributed by atoms with Crippen LogP contribution in [0.3, 0.4) is 0 Å². The van der Waals surface area contributed by atoms with Crippen molar-refractivity contribution in [3.63, 3.8) is 0 Å². The van der Waals surface area contributed by atoms with Gasteiger partial charge in [0.25, 0.3) is 0 Å². The number of halogens is 4. The van der Waals surface area contributed by atoms with Crippen molar-refractivity contribution in [3.8, 4) is 0 Å². The van der Waals surface area contributed by atoms with E-state index in [9.17, 15) is 30.8 Å². The van der Waals surface area contributed by atoms with Crippen LogP contribution in [0, 0.1) is 5.82 Å². The fraction of sp³-hybridized carbons (Fsp3) is 0.227. The first-order valence-electron chi connectivity index (χ1n) is 10.4. The Bertz CT molecular complexity index is 1450. The maximum absolute atomic E-state index is 14.6. The van der Waals surface area contributed by atoms with Gasteiger partial charge in [-0.1, -0.05) is 12.1 Å². The number of alkyl halides is 3. The van der Waals surface area contributed by atoms with Crippen LogP contribution in [0.2, 0.25) is 0 Å². The molecule has 0 spiro atoms. The van der Waals surface area contributed by atoms with E-state index >= 15 is 0 Å². The van der Waals surface area contributed by atoms with E-state index in [1.807, 2.05) is 0 Å². The van der Waals surface area contributed by atoms with Crippen LogP contribution in [0.1, 0.15) is 16.7 Å². The number of nitrogens with zero attached hydrogens (tertiary/aromatic N) is 3. The van der Waals surface area contributed by atoms with Crippen LogP contribution >= 0.6 is 0 Å². The Hall–Kier alpha value is -3.94. The first-order chi connectivity index (χ1) is 16.8. The number of nitrogens with one attached hydrogen (secondary N) is 3. The fourth-order valence-corrected chi connectivity index (χ4v) is 4.10. The van der Waals surface area contributed by atoms with Gasteiger partial charge in [0, 0.05) is 36.7 Å². The van der Waals surface area contributed by atoms with Crippen LogP contribution < -0.4 is 20.3 Å². The van der Waals surface area contributed by atoms with E-state index < -0.39 is 39.9 Å². The summed E-state index contributed by atoms with van der Waals surface area (Å²) in [5, 5.41) is 7.92. The van der Waals surface area contributed by atoms with Gasteiger partial charge < -0.3 is 16.0 Å². The number of fused-ring (bicyclic) bond motifs is 1. The van der Waals surface area contributed by atoms with Gasteiger partial charge in [-0.25, -0.2) is 17.8 Å². The molecular formula is C22H20F4N6O3S. The van der Waals surface area contributed by atoms with E-state index in [1.165, 1.54) is 19.2 Å². The van der Waals surface area contributed by atoms with E-state index in [0.29, 0.717) is 17.6 Å². The second kappa shape index (κ2) is 9.26. The molecule has 14 heteroatoms. The normalized spacial score (nSPS) is 13.2. The van der Waals surface area contributed by atoms with Gasteiger partial charge in [-0.15, -0.1) is 0 Å². The van der Waals surface area contributed by atoms with E-state index in [2.05, 4.69) is 25.9 Å². The average Bonchev–Trinajstić information content (AvgIpc) is 3.15. The van der Waals surface area contributed by atoms with Crippen molar-refractivity contribution in [2.24, 2.45) is 0 Å². The average molecular weight is 525 g/mol. The van der Waals surface area contributed by atoms with Crippen LogP contribution in [-0.4, -0.2) is 37.6 Å². The Morgan fingerprint density at radius 3 is 2.64 bits per heavy atom. The lowest BCUT2D eigenvalue weighted by molar-refractivity contribution is -0.137. The minimum Gasteiger partial charge on any atom is -0.365 e. The highest BCUT2D eigenvalue weighted by molar-refractivity contribution is 7.92. The summed E-state index contributed by atoms with van der Waals surface area (Å²) in [5.41, 5.74) is 0.377. The second-order valence-corrected chi connectivity index (χ2v) is 10.0. The molecule has 0 saturated carbocycles. The maximum Gasteiger partial charge on any atom is 0.421 e. The Labute approximate surface area is 203 Å². The lowest BCUT2D eigenvalue weighted by Crippen LogP contribution is -2.26. The number of rotatable bonds is 7. The monoisotopic (exact) mass is 524 g/mol. The van der Waals surface area contributed by atoms with Gasteiger partial charge in [0.2, 0.25) is 21.9 Å². The maximum atomic E-state index is 14.6. The molecule has 0 radical (unpaired) electrons. The summed E-state index contributed by atoms with van der Waals surface area (Å²) in [6.07, 6.45) is -3.09. The summed E-state index contributed by atoms with van der Waals surface area (Å²) in [5.74, 6) is -1.80. The Balaban J connectivity index is 1.64. The zero-order valence-corrected chi connectivity index (χ0v) is 19.8. The number of benzene rings is 2. The fourth-order valence-electron chi connectivity index (χ4n) is 3.57. The van der Waals surface area contributed by atoms with Gasteiger partial charge in [0.1, 0.15) is 17.2 Å². The van der Waals surface area contributed by atoms with Gasteiger partial charge in [0.15, 0.2) is 0 Å². The quantitative estimate of drug-likeness (QED) is 0.402. The van der Waals surface area contributed by atoms with Crippen molar-refractivity contribution < 1.29 is 30.8 Å². The van der Waals surface area contributed by atoms with Gasteiger partial charge in [-0.3, -0.25) is 9.10 Å². The summed E-state index contributed by atoms with van der Waals surface area (Å²) in [6, 6.07) is 8.62. The number of anilines is 5. The molecule has 0 atom stereocenters. The zero-order chi connectivity index (χ0) is 26.3. The number of carbonyl (C=O) groups excluding carboxylic acids is 1. The molecule has 0 saturated heterocycles. The molecule has 1 aromatic heterocycles. The molecule has 1 amide bonds. The number of aromatic nitrogens is 2. The molecule has 4 rings (SSSR count). The Kier molecular flexibility index (Phi) is 6.47. The molecular weight excluding hydrogens is 504 g/mol. The predicted octanol–water partition coefficient (Wildman–Crippen LogP) is 3.88. The lowest BCUT2D eigenvalue weighted by atomic mass is 10.1. The number of hydrogen-bond donors (Lipinski definition) is 3. The molecule has 0 aliphatic carbocycles. The number of sulfonamides is 1. The van der Waals surface area contributed by atoms with Crippen LogP contribution in [0.25, 0.3) is 0 Å². The van der Waals surface area contributed by atoms with Crippen LogP contribution in [-0.2, 0) is 34.0 Å². The predicted molar refractivity (Wildman–Crippen MR) is 126 cm³/mol. The Morgan fingerprint density at radius 2 is 1.94 bits per heavy atom. The van der Waals surface area contributed by atoms with Gasteiger partial charge >= 0.3 is 6.18 Å². The third-order valence-electron chi connectivity index (χ3n) is 5.45. The number of amides is 1. The SMILES string of the molecule is CN(c1cccc(F)c1CNc1nc(Nc2ccc3c(c2)NC(=O)C3)ncc1C(F)(F)F)S(C)(=O)=O. The van der Waals surface area contributed by atoms with E-state index in [4.69, 9.17) is 0 Å². The van der Waals surface area contributed by atoms with Gasteiger partial charge in [0.05, 0.1) is 18.4 Å². The summed E-state index contributed by atoms with van der Waals surface area (Å²) in [6.45, 7) is -0.494. The van der Waals surface area contributed by atoms with Crippen molar-refractivity contribution in [3.05, 3.63) is 65.1 Å². The van der Waals surface area contributed by atoms with Crippen molar-refractivity contribution in [1.82, 2.24) is 9.97 Å². The summed E-state index contributed by atoms with van der Waals surface area (Å²) < 4.78 is 80.2. The van der Waals surface area contributed by atoms with Crippen molar-refractivity contribution in [2.75, 3.05) is 33.6 Å². The van der Waals surface area contributed by atoms with Crippen molar-refractivity contribution in [1.29, 1.82) is 0 Å². The topological polar surface area (TPSA) is 116 Å². The molecule has 3 N–H and O–H groups in total. The summed E-state index contributed by atoms with van der Waals surface area (Å²) in [4.78, 5) is 19.2. The number of carbonyl (C=O) groups is 1. The first kappa shape index (κ1) is 25.2. The van der Waals surface area contributed by atoms with E-state index in [0.717, 1.165) is 22.2 Å². The van der Waals surface area contributed by atoms with Crippen LogP contribution in [0.4, 0.5) is 46.4 Å². The highest BCUT2D eigenvalue weighted by Crippen LogP contribution is 2.35. The molecule has 0 fully saturated rings. The molecule has 2 aromatic carbocycles. The van der Waals surface area contributed by atoms with E-state index in [1.54, 1.807) is 18.2 Å². The van der Waals surface area contributed by atoms with Crippen molar-refractivity contribution in [2.45, 2.75) is 19.1 Å². The minimum absolute atomic E-state index is 0.0360. The van der Waals surface area contributed by atoms with Crippen LogP contribution in [0.5, 0.6) is 0 Å². The largest absolute Gasteiger partial charge is 0.421 e. The molecule has 1 aliphatic rings. The molecule has 9 nitrogen and oxygen atoms in total. The Morgan fingerprint density at radius 1 is 1.19 bits per heavy atom. The van der Waals surface area contributed by atoms with Crippen molar-refractivity contribution >= 4 is 44.8 Å². The standard InChI is InChI=1S/C22H20F4N6O3S/c1-32(36(2,34)35)18-5-3-4-16(23)14(18)10-27-20-15(22(24,25)26)11-28-21(31-20)29-13-7-6-12-8-19(33)30-17(12)9-13/h3-7,9,11H,8,10H2,1-2H3,(H,30,33)(H2,27,28,29,31). The smallest absolute Gasteiger partial charge is 0.365 e.